The molecule has 3 heterocycles. The standard InChI is InChI=1S/C22H21FN2/c1-14-3-8-21-19(9-14)20-13-24(2)11-17-10-16(12-25(21)22(17)20)15-4-6-18(23)7-5-15/h3-10,17H,11-13H2,1-2H3. The fourth-order valence-electron chi connectivity index (χ4n) is 4.52. The van der Waals surface area contributed by atoms with E-state index in [0.29, 0.717) is 5.92 Å². The summed E-state index contributed by atoms with van der Waals surface area (Å²) in [7, 11) is 2.20. The first-order valence-corrected chi connectivity index (χ1v) is 8.87. The Bertz CT molecular complexity index is 1010. The van der Waals surface area contributed by atoms with Gasteiger partial charge >= 0.3 is 0 Å². The summed E-state index contributed by atoms with van der Waals surface area (Å²) in [6.45, 7) is 5.07. The van der Waals surface area contributed by atoms with E-state index in [2.05, 4.69) is 47.7 Å². The van der Waals surface area contributed by atoms with Gasteiger partial charge in [-0.1, -0.05) is 29.8 Å². The van der Waals surface area contributed by atoms with Gasteiger partial charge in [-0.15, -0.1) is 0 Å². The van der Waals surface area contributed by atoms with E-state index in [0.717, 1.165) is 25.2 Å². The molecule has 2 aliphatic heterocycles. The first kappa shape index (κ1) is 14.9. The van der Waals surface area contributed by atoms with Gasteiger partial charge in [-0.3, -0.25) is 0 Å². The average Bonchev–Trinajstić information content (AvgIpc) is 2.89. The van der Waals surface area contributed by atoms with Gasteiger partial charge in [-0.2, -0.15) is 0 Å². The molecule has 25 heavy (non-hydrogen) atoms. The summed E-state index contributed by atoms with van der Waals surface area (Å²) in [6, 6.07) is 13.7. The number of likely N-dealkylation sites (N-methyl/N-ethyl adjacent to an activating group) is 1. The van der Waals surface area contributed by atoms with E-state index >= 15 is 0 Å². The molecule has 5 rings (SSSR count). The highest BCUT2D eigenvalue weighted by Crippen LogP contribution is 2.42. The van der Waals surface area contributed by atoms with Crippen molar-refractivity contribution in [2.75, 3.05) is 13.6 Å². The second-order valence-electron chi connectivity index (χ2n) is 7.47. The maximum absolute atomic E-state index is 13.3. The van der Waals surface area contributed by atoms with E-state index in [1.165, 1.54) is 33.3 Å². The van der Waals surface area contributed by atoms with Crippen LogP contribution in [0.4, 0.5) is 4.39 Å². The number of hydrogen-bond acceptors (Lipinski definition) is 1. The highest BCUT2D eigenvalue weighted by molar-refractivity contribution is 5.88. The monoisotopic (exact) mass is 332 g/mol. The Hall–Kier alpha value is -2.39. The van der Waals surface area contributed by atoms with Crippen LogP contribution < -0.4 is 0 Å². The molecule has 2 aliphatic rings. The van der Waals surface area contributed by atoms with Crippen LogP contribution in [0.15, 0.2) is 48.5 Å². The molecule has 2 nitrogen and oxygen atoms in total. The minimum atomic E-state index is -0.178. The van der Waals surface area contributed by atoms with Crippen LogP contribution in [-0.2, 0) is 13.1 Å². The summed E-state index contributed by atoms with van der Waals surface area (Å²) in [6.07, 6.45) is 2.40. The fraction of sp³-hybridized carbons (Fsp3) is 0.273. The van der Waals surface area contributed by atoms with Crippen LogP contribution in [0.1, 0.15) is 28.3 Å². The number of halogens is 1. The number of benzene rings is 2. The molecule has 0 saturated heterocycles. The molecule has 0 bridgehead atoms. The number of allylic oxidation sites excluding steroid dienone is 1. The predicted molar refractivity (Wildman–Crippen MR) is 100 cm³/mol. The minimum Gasteiger partial charge on any atom is -0.339 e. The summed E-state index contributed by atoms with van der Waals surface area (Å²) in [4.78, 5) is 2.41. The van der Waals surface area contributed by atoms with E-state index < -0.39 is 0 Å². The third-order valence-electron chi connectivity index (χ3n) is 5.60. The quantitative estimate of drug-likeness (QED) is 0.626. The zero-order chi connectivity index (χ0) is 17.1. The van der Waals surface area contributed by atoms with Crippen LogP contribution >= 0.6 is 0 Å². The van der Waals surface area contributed by atoms with E-state index in [4.69, 9.17) is 0 Å². The Morgan fingerprint density at radius 2 is 1.84 bits per heavy atom. The molecule has 1 aromatic heterocycles. The third kappa shape index (κ3) is 2.26. The molecule has 0 radical (unpaired) electrons. The van der Waals surface area contributed by atoms with Crippen molar-refractivity contribution in [2.45, 2.75) is 25.9 Å². The van der Waals surface area contributed by atoms with E-state index in [9.17, 15) is 4.39 Å². The lowest BCUT2D eigenvalue weighted by Crippen LogP contribution is -2.32. The van der Waals surface area contributed by atoms with Crippen LogP contribution in [-0.4, -0.2) is 23.1 Å². The maximum Gasteiger partial charge on any atom is 0.123 e. The van der Waals surface area contributed by atoms with Crippen LogP contribution in [0, 0.1) is 12.7 Å². The number of rotatable bonds is 1. The lowest BCUT2D eigenvalue weighted by atomic mass is 9.89. The predicted octanol–water partition coefficient (Wildman–Crippen LogP) is 4.72. The second-order valence-corrected chi connectivity index (χ2v) is 7.47. The summed E-state index contributed by atoms with van der Waals surface area (Å²) < 4.78 is 15.8. The molecule has 0 fully saturated rings. The van der Waals surface area contributed by atoms with Crippen LogP contribution in [0.25, 0.3) is 16.5 Å². The lowest BCUT2D eigenvalue weighted by molar-refractivity contribution is 0.292. The number of hydrogen-bond donors (Lipinski definition) is 0. The summed E-state index contributed by atoms with van der Waals surface area (Å²) in [5.41, 5.74) is 8.00. The highest BCUT2D eigenvalue weighted by atomic mass is 19.1. The third-order valence-corrected chi connectivity index (χ3v) is 5.60. The van der Waals surface area contributed by atoms with Crippen molar-refractivity contribution in [3.8, 4) is 0 Å². The summed E-state index contributed by atoms with van der Waals surface area (Å²) >= 11 is 0. The normalized spacial score (nSPS) is 19.8. The lowest BCUT2D eigenvalue weighted by Gasteiger charge is -2.34. The zero-order valence-electron chi connectivity index (χ0n) is 14.6. The molecule has 3 heteroatoms. The molecule has 3 aromatic rings. The molecule has 0 amide bonds. The van der Waals surface area contributed by atoms with Crippen molar-refractivity contribution in [1.29, 1.82) is 0 Å². The highest BCUT2D eigenvalue weighted by Gasteiger charge is 2.32. The first-order chi connectivity index (χ1) is 12.1. The number of fused-ring (bicyclic) bond motifs is 3. The molecule has 0 N–H and O–H groups in total. The van der Waals surface area contributed by atoms with Crippen molar-refractivity contribution >= 4 is 16.5 Å². The van der Waals surface area contributed by atoms with Gasteiger partial charge in [0.25, 0.3) is 0 Å². The van der Waals surface area contributed by atoms with Gasteiger partial charge in [0, 0.05) is 42.1 Å². The number of aryl methyl sites for hydroxylation is 1. The fourth-order valence-corrected chi connectivity index (χ4v) is 4.52. The average molecular weight is 332 g/mol. The van der Waals surface area contributed by atoms with Crippen LogP contribution in [0.2, 0.25) is 0 Å². The van der Waals surface area contributed by atoms with Gasteiger partial charge in [-0.25, -0.2) is 4.39 Å². The molecule has 0 spiro atoms. The zero-order valence-corrected chi connectivity index (χ0v) is 14.6. The van der Waals surface area contributed by atoms with Gasteiger partial charge in [0.2, 0.25) is 0 Å². The van der Waals surface area contributed by atoms with Crippen molar-refractivity contribution in [3.63, 3.8) is 0 Å². The van der Waals surface area contributed by atoms with Crippen molar-refractivity contribution in [1.82, 2.24) is 9.47 Å². The molecule has 0 aliphatic carbocycles. The van der Waals surface area contributed by atoms with E-state index in [1.54, 1.807) is 12.1 Å². The molecule has 0 saturated carbocycles. The molecular weight excluding hydrogens is 311 g/mol. The van der Waals surface area contributed by atoms with Crippen LogP contribution in [0.3, 0.4) is 0 Å². The largest absolute Gasteiger partial charge is 0.339 e. The van der Waals surface area contributed by atoms with Crippen molar-refractivity contribution in [2.24, 2.45) is 0 Å². The summed E-state index contributed by atoms with van der Waals surface area (Å²) in [5.74, 6) is 0.220. The van der Waals surface area contributed by atoms with Gasteiger partial charge in [0.05, 0.1) is 0 Å². The van der Waals surface area contributed by atoms with Gasteiger partial charge < -0.3 is 9.47 Å². The molecule has 126 valence electrons. The smallest absolute Gasteiger partial charge is 0.123 e. The SMILES string of the molecule is Cc1ccc2c(c1)c1c3n2CC(c2ccc(F)cc2)=CC3CN(C)C1. The summed E-state index contributed by atoms with van der Waals surface area (Å²) in [5, 5.41) is 1.39. The minimum absolute atomic E-state index is 0.178. The molecular formula is C22H21FN2. The second kappa shape index (κ2) is 5.30. The maximum atomic E-state index is 13.3. The molecule has 1 atom stereocenters. The Morgan fingerprint density at radius 3 is 2.64 bits per heavy atom. The van der Waals surface area contributed by atoms with Gasteiger partial charge in [0.1, 0.15) is 5.82 Å². The Labute approximate surface area is 147 Å². The Balaban J connectivity index is 1.71. The topological polar surface area (TPSA) is 8.17 Å². The van der Waals surface area contributed by atoms with E-state index in [-0.39, 0.29) is 5.82 Å². The van der Waals surface area contributed by atoms with E-state index in [1.807, 2.05) is 12.1 Å². The Kier molecular flexibility index (Phi) is 3.16. The molecule has 2 aromatic carbocycles. The number of aromatic nitrogens is 1. The van der Waals surface area contributed by atoms with Crippen molar-refractivity contribution < 1.29 is 4.39 Å². The van der Waals surface area contributed by atoms with Crippen LogP contribution in [0.5, 0.6) is 0 Å². The van der Waals surface area contributed by atoms with Gasteiger partial charge in [0.15, 0.2) is 0 Å². The first-order valence-electron chi connectivity index (χ1n) is 8.87. The molecule has 1 unspecified atom stereocenters. The number of nitrogens with zero attached hydrogens (tertiary/aromatic N) is 2. The van der Waals surface area contributed by atoms with Crippen molar-refractivity contribution in [3.05, 3.63) is 76.7 Å². The Morgan fingerprint density at radius 1 is 1.04 bits per heavy atom. The van der Waals surface area contributed by atoms with Gasteiger partial charge in [-0.05, 0) is 54.9 Å².